The summed E-state index contributed by atoms with van der Waals surface area (Å²) < 4.78 is 42.1. The molecule has 0 spiro atoms. The highest BCUT2D eigenvalue weighted by atomic mass is 32.2. The van der Waals surface area contributed by atoms with Gasteiger partial charge in [0.25, 0.3) is 10.0 Å². The minimum absolute atomic E-state index is 0.00593. The Bertz CT molecular complexity index is 1360. The summed E-state index contributed by atoms with van der Waals surface area (Å²) in [6.45, 7) is 7.23. The van der Waals surface area contributed by atoms with E-state index in [0.717, 1.165) is 21.9 Å². The number of hydrogen-bond acceptors (Lipinski definition) is 4. The largest absolute Gasteiger partial charge is 0.354 e. The first-order chi connectivity index (χ1) is 18.0. The SMILES string of the molecule is CCCNC(=O)C(C)N(Cc1ccc(F)cc1)C(=O)CN(c1ccc(C)c(C)c1)S(=O)(=O)c1ccccc1. The second kappa shape index (κ2) is 12.7. The number of nitrogens with one attached hydrogen (secondary N) is 1. The van der Waals surface area contributed by atoms with Gasteiger partial charge in [-0.3, -0.25) is 13.9 Å². The van der Waals surface area contributed by atoms with Crippen molar-refractivity contribution >= 4 is 27.5 Å². The molecule has 0 saturated carbocycles. The van der Waals surface area contributed by atoms with Crippen LogP contribution in [0.15, 0.2) is 77.7 Å². The first-order valence-electron chi connectivity index (χ1n) is 12.5. The average Bonchev–Trinajstić information content (AvgIpc) is 2.91. The van der Waals surface area contributed by atoms with Crippen LogP contribution < -0.4 is 9.62 Å². The molecule has 0 radical (unpaired) electrons. The van der Waals surface area contributed by atoms with Gasteiger partial charge in [-0.15, -0.1) is 0 Å². The maximum absolute atomic E-state index is 13.8. The number of aryl methyl sites for hydroxylation is 2. The molecule has 0 aliphatic rings. The summed E-state index contributed by atoms with van der Waals surface area (Å²) in [5.74, 6) is -1.34. The monoisotopic (exact) mass is 539 g/mol. The fourth-order valence-corrected chi connectivity index (χ4v) is 5.32. The van der Waals surface area contributed by atoms with Crippen molar-refractivity contribution in [3.05, 3.63) is 95.3 Å². The summed E-state index contributed by atoms with van der Waals surface area (Å²) >= 11 is 0. The van der Waals surface area contributed by atoms with Gasteiger partial charge in [-0.1, -0.05) is 43.3 Å². The van der Waals surface area contributed by atoms with Crippen molar-refractivity contribution in [2.75, 3.05) is 17.4 Å². The molecule has 2 amide bonds. The second-order valence-corrected chi connectivity index (χ2v) is 11.1. The molecular formula is C29H34FN3O4S. The van der Waals surface area contributed by atoms with Crippen LogP contribution in [0, 0.1) is 19.7 Å². The van der Waals surface area contributed by atoms with Gasteiger partial charge >= 0.3 is 0 Å². The van der Waals surface area contributed by atoms with Crippen molar-refractivity contribution < 1.29 is 22.4 Å². The standard InChI is InChI=1S/C29H34FN3O4S/c1-5-17-31-29(35)23(4)32(19-24-12-14-25(30)15-13-24)28(34)20-33(26-16-11-21(2)22(3)18-26)38(36,37)27-9-7-6-8-10-27/h6-16,18,23H,5,17,19-20H2,1-4H3,(H,31,35). The molecule has 202 valence electrons. The fraction of sp³-hybridized carbons (Fsp3) is 0.310. The van der Waals surface area contributed by atoms with E-state index in [1.54, 1.807) is 43.3 Å². The number of carbonyl (C=O) groups excluding carboxylic acids is 2. The van der Waals surface area contributed by atoms with Crippen LogP contribution in [-0.4, -0.2) is 44.3 Å². The van der Waals surface area contributed by atoms with Crippen LogP contribution in [-0.2, 0) is 26.2 Å². The Balaban J connectivity index is 2.02. The van der Waals surface area contributed by atoms with Crippen molar-refractivity contribution in [3.8, 4) is 0 Å². The van der Waals surface area contributed by atoms with E-state index in [-0.39, 0.29) is 17.3 Å². The van der Waals surface area contributed by atoms with Gasteiger partial charge in [-0.25, -0.2) is 12.8 Å². The van der Waals surface area contributed by atoms with Crippen LogP contribution >= 0.6 is 0 Å². The van der Waals surface area contributed by atoms with E-state index in [2.05, 4.69) is 5.32 Å². The molecule has 38 heavy (non-hydrogen) atoms. The Kier molecular flexibility index (Phi) is 9.63. The molecular weight excluding hydrogens is 505 g/mol. The van der Waals surface area contributed by atoms with Crippen LogP contribution in [0.3, 0.4) is 0 Å². The maximum atomic E-state index is 13.8. The molecule has 0 aliphatic carbocycles. The van der Waals surface area contributed by atoms with Gasteiger partial charge in [0.2, 0.25) is 11.8 Å². The van der Waals surface area contributed by atoms with Crippen LogP contribution in [0.2, 0.25) is 0 Å². The van der Waals surface area contributed by atoms with Crippen LogP contribution in [0.1, 0.15) is 37.0 Å². The number of benzene rings is 3. The molecule has 0 bridgehead atoms. The summed E-state index contributed by atoms with van der Waals surface area (Å²) in [7, 11) is -4.12. The molecule has 0 heterocycles. The van der Waals surface area contributed by atoms with Crippen LogP contribution in [0.4, 0.5) is 10.1 Å². The Hall–Kier alpha value is -3.72. The third kappa shape index (κ3) is 6.98. The van der Waals surface area contributed by atoms with Gasteiger partial charge in [0, 0.05) is 13.1 Å². The molecule has 1 atom stereocenters. The van der Waals surface area contributed by atoms with Crippen molar-refractivity contribution in [1.82, 2.24) is 10.2 Å². The normalized spacial score (nSPS) is 12.0. The minimum Gasteiger partial charge on any atom is -0.354 e. The number of amides is 2. The predicted molar refractivity (Wildman–Crippen MR) is 147 cm³/mol. The Morgan fingerprint density at radius 2 is 1.61 bits per heavy atom. The highest BCUT2D eigenvalue weighted by Crippen LogP contribution is 2.26. The van der Waals surface area contributed by atoms with Gasteiger partial charge in [0.1, 0.15) is 18.4 Å². The molecule has 3 rings (SSSR count). The first-order valence-corrected chi connectivity index (χ1v) is 13.9. The fourth-order valence-electron chi connectivity index (χ4n) is 3.89. The lowest BCUT2D eigenvalue weighted by atomic mass is 10.1. The average molecular weight is 540 g/mol. The number of hydrogen-bond donors (Lipinski definition) is 1. The van der Waals surface area contributed by atoms with Crippen LogP contribution in [0.5, 0.6) is 0 Å². The number of carbonyl (C=O) groups is 2. The maximum Gasteiger partial charge on any atom is 0.264 e. The summed E-state index contributed by atoms with van der Waals surface area (Å²) in [5.41, 5.74) is 2.81. The molecule has 3 aromatic rings. The van der Waals surface area contributed by atoms with E-state index in [1.165, 1.54) is 41.3 Å². The van der Waals surface area contributed by atoms with E-state index in [1.807, 2.05) is 20.8 Å². The minimum atomic E-state index is -4.12. The molecule has 9 heteroatoms. The van der Waals surface area contributed by atoms with Crippen molar-refractivity contribution in [3.63, 3.8) is 0 Å². The molecule has 7 nitrogen and oxygen atoms in total. The highest BCUT2D eigenvalue weighted by molar-refractivity contribution is 7.92. The summed E-state index contributed by atoms with van der Waals surface area (Å²) in [6, 6.07) is 17.8. The Morgan fingerprint density at radius 3 is 2.21 bits per heavy atom. The second-order valence-electron chi connectivity index (χ2n) is 9.21. The number of nitrogens with zero attached hydrogens (tertiary/aromatic N) is 2. The molecule has 0 fully saturated rings. The van der Waals surface area contributed by atoms with Gasteiger partial charge in [0.05, 0.1) is 10.6 Å². The smallest absolute Gasteiger partial charge is 0.264 e. The van der Waals surface area contributed by atoms with Crippen LogP contribution in [0.25, 0.3) is 0 Å². The summed E-state index contributed by atoms with van der Waals surface area (Å²) in [6.07, 6.45) is 0.722. The molecule has 1 unspecified atom stereocenters. The zero-order valence-electron chi connectivity index (χ0n) is 22.1. The van der Waals surface area contributed by atoms with Crippen molar-refractivity contribution in [2.24, 2.45) is 0 Å². The molecule has 0 aromatic heterocycles. The first kappa shape index (κ1) is 28.8. The quantitative estimate of drug-likeness (QED) is 0.387. The number of anilines is 1. The zero-order valence-corrected chi connectivity index (χ0v) is 23.0. The predicted octanol–water partition coefficient (Wildman–Crippen LogP) is 4.58. The Labute approximate surface area is 224 Å². The zero-order chi connectivity index (χ0) is 27.9. The van der Waals surface area contributed by atoms with E-state index in [4.69, 9.17) is 0 Å². The molecule has 1 N–H and O–H groups in total. The lowest BCUT2D eigenvalue weighted by Crippen LogP contribution is -2.51. The molecule has 0 aliphatic heterocycles. The van der Waals surface area contributed by atoms with E-state index >= 15 is 0 Å². The Morgan fingerprint density at radius 1 is 0.947 bits per heavy atom. The number of sulfonamides is 1. The summed E-state index contributed by atoms with van der Waals surface area (Å²) in [4.78, 5) is 28.0. The number of rotatable bonds is 11. The van der Waals surface area contributed by atoms with E-state index in [0.29, 0.717) is 17.8 Å². The topological polar surface area (TPSA) is 86.8 Å². The van der Waals surface area contributed by atoms with E-state index < -0.39 is 34.3 Å². The van der Waals surface area contributed by atoms with E-state index in [9.17, 15) is 22.4 Å². The lowest BCUT2D eigenvalue weighted by molar-refractivity contribution is -0.139. The van der Waals surface area contributed by atoms with Gasteiger partial charge in [-0.2, -0.15) is 0 Å². The van der Waals surface area contributed by atoms with Gasteiger partial charge in [0.15, 0.2) is 0 Å². The molecule has 0 saturated heterocycles. The molecule has 3 aromatic carbocycles. The van der Waals surface area contributed by atoms with Crippen molar-refractivity contribution in [2.45, 2.75) is 51.6 Å². The summed E-state index contributed by atoms with van der Waals surface area (Å²) in [5, 5.41) is 2.79. The third-order valence-corrected chi connectivity index (χ3v) is 8.16. The third-order valence-electron chi connectivity index (χ3n) is 6.37. The van der Waals surface area contributed by atoms with Gasteiger partial charge in [-0.05, 0) is 80.3 Å². The number of halogens is 1. The van der Waals surface area contributed by atoms with Gasteiger partial charge < -0.3 is 10.2 Å². The lowest BCUT2D eigenvalue weighted by Gasteiger charge is -2.32. The highest BCUT2D eigenvalue weighted by Gasteiger charge is 2.32. The van der Waals surface area contributed by atoms with Crippen molar-refractivity contribution in [1.29, 1.82) is 0 Å².